The number of fused-ring (bicyclic) bond motifs is 6. The molecule has 0 N–H and O–H groups in total. The van der Waals surface area contributed by atoms with E-state index in [4.69, 9.17) is 22.6 Å². The van der Waals surface area contributed by atoms with Gasteiger partial charge in [-0.25, -0.2) is 27.6 Å². The number of hydrogen-bond acceptors (Lipinski definition) is 3. The van der Waals surface area contributed by atoms with Gasteiger partial charge in [0.1, 0.15) is 17.6 Å². The second-order valence-electron chi connectivity index (χ2n) is 8.55. The first-order valence-electron chi connectivity index (χ1n) is 9.72. The van der Waals surface area contributed by atoms with Crippen LogP contribution < -0.4 is 0 Å². The Morgan fingerprint density at radius 2 is 2.15 bits per heavy atom. The molecule has 138 valence electrons. The monoisotopic (exact) mass is 362 g/mol. The van der Waals surface area contributed by atoms with Crippen LogP contribution in [-0.4, -0.2) is 29.4 Å². The van der Waals surface area contributed by atoms with E-state index < -0.39 is 22.8 Å². The summed E-state index contributed by atoms with van der Waals surface area (Å²) in [4.78, 5) is 20.5. The molecule has 0 aromatic heterocycles. The number of carbonyl (C=O) groups excluding carboxylic acids is 1. The SMILES string of the molecule is [C-]#[N+]C1([N+]#[C-])C[C@@]23C=C[C@@](C(=O)OCC)(O2)C(=C)[C@H]3[C@H]2C1=C[C@@H]1CC[C@H]2C1. The highest BCUT2D eigenvalue weighted by molar-refractivity contribution is 5.89. The van der Waals surface area contributed by atoms with Crippen molar-refractivity contribution in [3.8, 4) is 0 Å². The van der Waals surface area contributed by atoms with Crippen molar-refractivity contribution < 1.29 is 14.3 Å². The fourth-order valence-corrected chi connectivity index (χ4v) is 6.42. The zero-order chi connectivity index (χ0) is 19.0. The van der Waals surface area contributed by atoms with Crippen molar-refractivity contribution >= 4 is 5.97 Å². The average Bonchev–Trinajstić information content (AvgIpc) is 3.31. The van der Waals surface area contributed by atoms with Crippen molar-refractivity contribution in [2.45, 2.75) is 49.5 Å². The number of nitrogens with zero attached hydrogens (tertiary/aromatic N) is 2. The van der Waals surface area contributed by atoms with E-state index in [0.717, 1.165) is 30.4 Å². The first kappa shape index (κ1) is 16.8. The summed E-state index contributed by atoms with van der Waals surface area (Å²) in [5.41, 5.74) is -1.60. The molecule has 2 saturated carbocycles. The standard InChI is InChI=1S/C22H22N2O3/c1-5-26-19(25)21-9-8-20(27-21)12-22(23-3,24-4)16-11-14-6-7-15(10-14)17(16)18(20)13(21)2/h8-9,11,14-15,17-18H,2,5-7,10,12H2,1H3/t14-,15+,17-,18+,20-,21-/m1/s1. The van der Waals surface area contributed by atoms with Crippen LogP contribution in [0.4, 0.5) is 0 Å². The van der Waals surface area contributed by atoms with Crippen LogP contribution in [-0.2, 0) is 14.3 Å². The topological polar surface area (TPSA) is 44.2 Å². The third-order valence-corrected chi connectivity index (χ3v) is 7.42. The van der Waals surface area contributed by atoms with Gasteiger partial charge in [0.15, 0.2) is 0 Å². The third kappa shape index (κ3) is 1.79. The predicted molar refractivity (Wildman–Crippen MR) is 97.9 cm³/mol. The molecule has 5 rings (SSSR count). The summed E-state index contributed by atoms with van der Waals surface area (Å²) in [6.07, 6.45) is 9.44. The van der Waals surface area contributed by atoms with Gasteiger partial charge >= 0.3 is 11.6 Å². The zero-order valence-electron chi connectivity index (χ0n) is 15.4. The van der Waals surface area contributed by atoms with Crippen LogP contribution in [0.15, 0.2) is 36.0 Å². The number of carbonyl (C=O) groups is 1. The van der Waals surface area contributed by atoms with Gasteiger partial charge in [0, 0.05) is 11.8 Å². The first-order chi connectivity index (χ1) is 13.0. The van der Waals surface area contributed by atoms with E-state index in [2.05, 4.69) is 22.3 Å². The van der Waals surface area contributed by atoms with Crippen LogP contribution in [0.1, 0.15) is 32.6 Å². The maximum absolute atomic E-state index is 12.8. The largest absolute Gasteiger partial charge is 0.509 e. The molecule has 5 heteroatoms. The molecule has 1 saturated heterocycles. The van der Waals surface area contributed by atoms with Gasteiger partial charge in [-0.2, -0.15) is 0 Å². The van der Waals surface area contributed by atoms with E-state index in [9.17, 15) is 4.79 Å². The summed E-state index contributed by atoms with van der Waals surface area (Å²) in [6, 6.07) is 0. The Kier molecular flexibility index (Phi) is 3.18. The minimum Gasteiger partial charge on any atom is -0.463 e. The number of rotatable bonds is 2. The van der Waals surface area contributed by atoms with E-state index in [1.807, 2.05) is 6.08 Å². The van der Waals surface area contributed by atoms with Gasteiger partial charge in [-0.15, -0.1) is 0 Å². The summed E-state index contributed by atoms with van der Waals surface area (Å²) < 4.78 is 11.7. The van der Waals surface area contributed by atoms with Crippen molar-refractivity contribution in [1.82, 2.24) is 0 Å². The number of hydrogen-bond donors (Lipinski definition) is 0. The van der Waals surface area contributed by atoms with E-state index in [1.165, 1.54) is 0 Å². The quantitative estimate of drug-likeness (QED) is 0.427. The van der Waals surface area contributed by atoms with Gasteiger partial charge in [0.25, 0.3) is 0 Å². The summed E-state index contributed by atoms with van der Waals surface area (Å²) >= 11 is 0. The van der Waals surface area contributed by atoms with Gasteiger partial charge in [-0.1, -0.05) is 18.7 Å². The minimum atomic E-state index is -1.26. The highest BCUT2D eigenvalue weighted by atomic mass is 16.6. The summed E-state index contributed by atoms with van der Waals surface area (Å²) in [6.45, 7) is 22.1. The fourth-order valence-electron chi connectivity index (χ4n) is 6.42. The van der Waals surface area contributed by atoms with Crippen molar-refractivity contribution in [3.05, 3.63) is 58.8 Å². The molecule has 2 heterocycles. The van der Waals surface area contributed by atoms with E-state index >= 15 is 0 Å². The highest BCUT2D eigenvalue weighted by Gasteiger charge is 2.77. The number of esters is 1. The summed E-state index contributed by atoms with van der Waals surface area (Å²) in [7, 11) is 0. The van der Waals surface area contributed by atoms with Gasteiger partial charge in [0.2, 0.25) is 5.60 Å². The molecule has 6 atom stereocenters. The molecule has 0 aromatic carbocycles. The second-order valence-corrected chi connectivity index (χ2v) is 8.55. The smallest absolute Gasteiger partial charge is 0.463 e. The van der Waals surface area contributed by atoms with Gasteiger partial charge in [-0.3, -0.25) is 0 Å². The Labute approximate surface area is 159 Å². The molecule has 2 aliphatic heterocycles. The zero-order valence-corrected chi connectivity index (χ0v) is 15.4. The van der Waals surface area contributed by atoms with E-state index in [-0.39, 0.29) is 24.9 Å². The van der Waals surface area contributed by atoms with Gasteiger partial charge in [-0.05, 0) is 49.7 Å². The molecule has 5 nitrogen and oxygen atoms in total. The average molecular weight is 362 g/mol. The molecule has 0 unspecified atom stereocenters. The Morgan fingerprint density at radius 3 is 2.85 bits per heavy atom. The van der Waals surface area contributed by atoms with Crippen LogP contribution in [0, 0.1) is 36.8 Å². The fraction of sp³-hybridized carbons (Fsp3) is 0.591. The van der Waals surface area contributed by atoms with Gasteiger partial charge < -0.3 is 9.47 Å². The molecule has 1 spiro atoms. The van der Waals surface area contributed by atoms with Crippen molar-refractivity contribution in [1.29, 1.82) is 0 Å². The Balaban J connectivity index is 1.69. The summed E-state index contributed by atoms with van der Waals surface area (Å²) in [5.74, 6) is 0.445. The van der Waals surface area contributed by atoms with E-state index in [1.54, 1.807) is 13.0 Å². The molecule has 0 aromatic rings. The minimum absolute atomic E-state index is 0.0504. The second kappa shape index (κ2) is 5.12. The lowest BCUT2D eigenvalue weighted by atomic mass is 9.54. The molecule has 27 heavy (non-hydrogen) atoms. The maximum atomic E-state index is 12.8. The normalized spacial score (nSPS) is 44.7. The number of ether oxygens (including phenoxy) is 2. The molecule has 0 radical (unpaired) electrons. The molecular formula is C22H22N2O3. The molecule has 0 amide bonds. The predicted octanol–water partition coefficient (Wildman–Crippen LogP) is 3.71. The molecular weight excluding hydrogens is 340 g/mol. The lowest BCUT2D eigenvalue weighted by Crippen LogP contribution is -2.54. The lowest BCUT2D eigenvalue weighted by molar-refractivity contribution is -0.165. The highest BCUT2D eigenvalue weighted by Crippen LogP contribution is 2.68. The Hall–Kier alpha value is -2.37. The van der Waals surface area contributed by atoms with Crippen LogP contribution >= 0.6 is 0 Å². The third-order valence-electron chi connectivity index (χ3n) is 7.42. The lowest BCUT2D eigenvalue weighted by Gasteiger charge is -2.46. The molecule has 4 bridgehead atoms. The molecule has 3 aliphatic carbocycles. The van der Waals surface area contributed by atoms with Gasteiger partial charge in [0.05, 0.1) is 6.61 Å². The summed E-state index contributed by atoms with van der Waals surface area (Å²) in [5, 5.41) is 0. The van der Waals surface area contributed by atoms with Crippen molar-refractivity contribution in [2.24, 2.45) is 23.7 Å². The molecule has 3 fully saturated rings. The Morgan fingerprint density at radius 1 is 1.37 bits per heavy atom. The Bertz CT molecular complexity index is 889. The van der Waals surface area contributed by atoms with Crippen LogP contribution in [0.5, 0.6) is 0 Å². The van der Waals surface area contributed by atoms with E-state index in [0.29, 0.717) is 11.8 Å². The molecule has 5 aliphatic rings. The van der Waals surface area contributed by atoms with Crippen molar-refractivity contribution in [3.63, 3.8) is 0 Å². The first-order valence-corrected chi connectivity index (χ1v) is 9.72. The maximum Gasteiger partial charge on any atom is 0.509 e. The van der Waals surface area contributed by atoms with Crippen LogP contribution in [0.3, 0.4) is 0 Å². The van der Waals surface area contributed by atoms with Crippen LogP contribution in [0.25, 0.3) is 9.69 Å². The van der Waals surface area contributed by atoms with Crippen LogP contribution in [0.2, 0.25) is 0 Å². The van der Waals surface area contributed by atoms with Crippen molar-refractivity contribution in [2.75, 3.05) is 6.61 Å². The number of allylic oxidation sites excluding steroid dienone is 1.